The number of nitrogens with zero attached hydrogens (tertiary/aromatic N) is 4. The zero-order valence-corrected chi connectivity index (χ0v) is 13.3. The molecule has 1 aliphatic rings. The lowest BCUT2D eigenvalue weighted by atomic mass is 10.2. The van der Waals surface area contributed by atoms with Crippen LogP contribution in [0.3, 0.4) is 0 Å². The summed E-state index contributed by atoms with van der Waals surface area (Å²) in [6, 6.07) is 0.610. The van der Waals surface area contributed by atoms with Gasteiger partial charge in [0.25, 0.3) is 0 Å². The van der Waals surface area contributed by atoms with Crippen LogP contribution in [-0.2, 0) is 13.1 Å². The number of aryl methyl sites for hydroxylation is 3. The third kappa shape index (κ3) is 2.96. The molecule has 1 fully saturated rings. The van der Waals surface area contributed by atoms with Gasteiger partial charge >= 0.3 is 0 Å². The fourth-order valence-electron chi connectivity index (χ4n) is 3.09. The highest BCUT2D eigenvalue weighted by Gasteiger charge is 2.18. The molecular formula is C16H25N5. The molecule has 0 aromatic carbocycles. The second-order valence-electron chi connectivity index (χ2n) is 6.03. The third-order valence-electron chi connectivity index (χ3n) is 4.43. The SMILES string of the molecule is CCn1cc(C)c(NCc2cn(C3CCCC3)nc2C)n1. The van der Waals surface area contributed by atoms with E-state index in [0.717, 1.165) is 24.6 Å². The van der Waals surface area contributed by atoms with Gasteiger partial charge in [0.2, 0.25) is 0 Å². The molecule has 0 aliphatic heterocycles. The quantitative estimate of drug-likeness (QED) is 0.916. The van der Waals surface area contributed by atoms with E-state index >= 15 is 0 Å². The zero-order valence-electron chi connectivity index (χ0n) is 13.3. The van der Waals surface area contributed by atoms with Crippen molar-refractivity contribution in [3.8, 4) is 0 Å². The van der Waals surface area contributed by atoms with E-state index in [2.05, 4.69) is 48.3 Å². The molecular weight excluding hydrogens is 262 g/mol. The van der Waals surface area contributed by atoms with Gasteiger partial charge in [-0.05, 0) is 33.6 Å². The standard InChI is InChI=1S/C16H25N5/c1-4-20-10-12(2)16(19-20)17-9-14-11-21(18-13(14)3)15-7-5-6-8-15/h10-11,15H,4-9H2,1-3H3,(H,17,19). The van der Waals surface area contributed by atoms with Crippen LogP contribution in [0.2, 0.25) is 0 Å². The molecule has 5 nitrogen and oxygen atoms in total. The maximum absolute atomic E-state index is 4.70. The van der Waals surface area contributed by atoms with E-state index in [9.17, 15) is 0 Å². The Morgan fingerprint density at radius 1 is 1.19 bits per heavy atom. The molecule has 3 rings (SSSR count). The lowest BCUT2D eigenvalue weighted by molar-refractivity contribution is 0.464. The van der Waals surface area contributed by atoms with Crippen LogP contribution in [0.15, 0.2) is 12.4 Å². The van der Waals surface area contributed by atoms with Crippen LogP contribution in [0.5, 0.6) is 0 Å². The molecule has 0 saturated heterocycles. The number of nitrogens with one attached hydrogen (secondary N) is 1. The van der Waals surface area contributed by atoms with Crippen LogP contribution in [0.1, 0.15) is 55.5 Å². The number of hydrogen-bond donors (Lipinski definition) is 1. The first-order valence-electron chi connectivity index (χ1n) is 8.00. The molecule has 2 heterocycles. The van der Waals surface area contributed by atoms with Gasteiger partial charge in [0.1, 0.15) is 0 Å². The lowest BCUT2D eigenvalue weighted by Crippen LogP contribution is -2.05. The summed E-state index contributed by atoms with van der Waals surface area (Å²) in [4.78, 5) is 0. The van der Waals surface area contributed by atoms with Gasteiger partial charge in [0.15, 0.2) is 5.82 Å². The number of aromatic nitrogens is 4. The molecule has 0 amide bonds. The Bertz CT molecular complexity index is 604. The third-order valence-corrected chi connectivity index (χ3v) is 4.43. The molecule has 2 aromatic rings. The molecule has 21 heavy (non-hydrogen) atoms. The van der Waals surface area contributed by atoms with Gasteiger partial charge < -0.3 is 5.32 Å². The van der Waals surface area contributed by atoms with Crippen molar-refractivity contribution >= 4 is 5.82 Å². The predicted octanol–water partition coefficient (Wildman–Crippen LogP) is 3.44. The lowest BCUT2D eigenvalue weighted by Gasteiger charge is -2.08. The molecule has 0 atom stereocenters. The van der Waals surface area contributed by atoms with Crippen molar-refractivity contribution in [2.75, 3.05) is 5.32 Å². The average Bonchev–Trinajstić information content (AvgIpc) is 3.17. The van der Waals surface area contributed by atoms with E-state index < -0.39 is 0 Å². The Morgan fingerprint density at radius 3 is 2.62 bits per heavy atom. The van der Waals surface area contributed by atoms with Crippen LogP contribution >= 0.6 is 0 Å². The normalized spacial score (nSPS) is 15.8. The summed E-state index contributed by atoms with van der Waals surface area (Å²) in [6.45, 7) is 7.99. The first kappa shape index (κ1) is 14.2. The molecule has 1 aliphatic carbocycles. The highest BCUT2D eigenvalue weighted by atomic mass is 15.3. The number of rotatable bonds is 5. The van der Waals surface area contributed by atoms with Crippen molar-refractivity contribution in [3.63, 3.8) is 0 Å². The van der Waals surface area contributed by atoms with Crippen LogP contribution in [-0.4, -0.2) is 19.6 Å². The summed E-state index contributed by atoms with van der Waals surface area (Å²) in [5.74, 6) is 0.977. The average molecular weight is 287 g/mol. The Kier molecular flexibility index (Phi) is 3.99. The molecule has 0 unspecified atom stereocenters. The van der Waals surface area contributed by atoms with E-state index in [1.54, 1.807) is 0 Å². The van der Waals surface area contributed by atoms with E-state index in [0.29, 0.717) is 6.04 Å². The maximum Gasteiger partial charge on any atom is 0.151 e. The second kappa shape index (κ2) is 5.92. The second-order valence-corrected chi connectivity index (χ2v) is 6.03. The minimum absolute atomic E-state index is 0.610. The highest BCUT2D eigenvalue weighted by Crippen LogP contribution is 2.29. The molecule has 0 bridgehead atoms. The Morgan fingerprint density at radius 2 is 1.95 bits per heavy atom. The molecule has 1 saturated carbocycles. The monoisotopic (exact) mass is 287 g/mol. The topological polar surface area (TPSA) is 47.7 Å². The summed E-state index contributed by atoms with van der Waals surface area (Å²) in [5.41, 5.74) is 3.59. The van der Waals surface area contributed by atoms with Gasteiger partial charge in [-0.2, -0.15) is 10.2 Å². The largest absolute Gasteiger partial charge is 0.364 e. The minimum Gasteiger partial charge on any atom is -0.364 e. The summed E-state index contributed by atoms with van der Waals surface area (Å²) < 4.78 is 4.14. The molecule has 1 N–H and O–H groups in total. The first-order valence-corrected chi connectivity index (χ1v) is 8.00. The first-order chi connectivity index (χ1) is 10.2. The van der Waals surface area contributed by atoms with Gasteiger partial charge in [-0.3, -0.25) is 9.36 Å². The van der Waals surface area contributed by atoms with E-state index in [1.807, 2.05) is 4.68 Å². The van der Waals surface area contributed by atoms with Crippen molar-refractivity contribution in [1.82, 2.24) is 19.6 Å². The van der Waals surface area contributed by atoms with Crippen molar-refractivity contribution in [2.24, 2.45) is 0 Å². The fourth-order valence-corrected chi connectivity index (χ4v) is 3.09. The molecule has 2 aromatic heterocycles. The summed E-state index contributed by atoms with van der Waals surface area (Å²) in [5, 5.41) is 12.7. The van der Waals surface area contributed by atoms with Crippen LogP contribution in [0.4, 0.5) is 5.82 Å². The van der Waals surface area contributed by atoms with Gasteiger partial charge in [-0.25, -0.2) is 0 Å². The van der Waals surface area contributed by atoms with Crippen molar-refractivity contribution in [2.45, 2.75) is 65.6 Å². The molecule has 114 valence electrons. The van der Waals surface area contributed by atoms with Gasteiger partial charge in [-0.1, -0.05) is 12.8 Å². The fraction of sp³-hybridized carbons (Fsp3) is 0.625. The highest BCUT2D eigenvalue weighted by molar-refractivity contribution is 5.42. The van der Waals surface area contributed by atoms with Gasteiger partial charge in [0, 0.05) is 36.6 Å². The number of anilines is 1. The van der Waals surface area contributed by atoms with Crippen LogP contribution in [0.25, 0.3) is 0 Å². The summed E-state index contributed by atoms with van der Waals surface area (Å²) >= 11 is 0. The predicted molar refractivity (Wildman–Crippen MR) is 84.4 cm³/mol. The minimum atomic E-state index is 0.610. The molecule has 5 heteroatoms. The maximum atomic E-state index is 4.70. The van der Waals surface area contributed by atoms with Crippen LogP contribution < -0.4 is 5.32 Å². The van der Waals surface area contributed by atoms with E-state index in [-0.39, 0.29) is 0 Å². The Hall–Kier alpha value is -1.78. The molecule has 0 radical (unpaired) electrons. The smallest absolute Gasteiger partial charge is 0.151 e. The Balaban J connectivity index is 1.68. The van der Waals surface area contributed by atoms with E-state index in [4.69, 9.17) is 5.10 Å². The summed E-state index contributed by atoms with van der Waals surface area (Å²) in [7, 11) is 0. The van der Waals surface area contributed by atoms with Crippen LogP contribution in [0, 0.1) is 13.8 Å². The summed E-state index contributed by atoms with van der Waals surface area (Å²) in [6.07, 6.45) is 9.51. The van der Waals surface area contributed by atoms with Gasteiger partial charge in [0.05, 0.1) is 11.7 Å². The van der Waals surface area contributed by atoms with Crippen molar-refractivity contribution in [1.29, 1.82) is 0 Å². The zero-order chi connectivity index (χ0) is 14.8. The van der Waals surface area contributed by atoms with Crippen molar-refractivity contribution in [3.05, 3.63) is 29.2 Å². The van der Waals surface area contributed by atoms with E-state index in [1.165, 1.54) is 36.8 Å². The molecule has 0 spiro atoms. The Labute approximate surface area is 126 Å². The van der Waals surface area contributed by atoms with Gasteiger partial charge in [-0.15, -0.1) is 0 Å². The number of hydrogen-bond acceptors (Lipinski definition) is 3. The van der Waals surface area contributed by atoms with Crippen molar-refractivity contribution < 1.29 is 0 Å².